The number of hydrogen-bond acceptors (Lipinski definition) is 6. The van der Waals surface area contributed by atoms with Gasteiger partial charge in [-0.25, -0.2) is 23.2 Å². The lowest BCUT2D eigenvalue weighted by molar-refractivity contribution is 0.170. The van der Waals surface area contributed by atoms with Crippen LogP contribution in [0.2, 0.25) is 0 Å². The fraction of sp³-hybridized carbons (Fsp3) is 0.375. The van der Waals surface area contributed by atoms with Crippen LogP contribution >= 0.6 is 0 Å². The zero-order chi connectivity index (χ0) is 12.2. The topological polar surface area (TPSA) is 98.2 Å². The van der Waals surface area contributed by atoms with E-state index in [-0.39, 0.29) is 11.7 Å². The molecule has 88 valence electrons. The third-order valence-corrected chi connectivity index (χ3v) is 2.48. The van der Waals surface area contributed by atoms with E-state index < -0.39 is 15.9 Å². The van der Waals surface area contributed by atoms with E-state index in [2.05, 4.69) is 20.0 Å². The SMILES string of the molecule is COC(=O)NCc1ccnc(S(C)(=O)=O)n1. The van der Waals surface area contributed by atoms with E-state index in [4.69, 9.17) is 0 Å². The summed E-state index contributed by atoms with van der Waals surface area (Å²) in [5.41, 5.74) is 0.390. The average molecular weight is 245 g/mol. The summed E-state index contributed by atoms with van der Waals surface area (Å²) in [5.74, 6) is 0. The predicted octanol–water partition coefficient (Wildman–Crippen LogP) is -0.264. The van der Waals surface area contributed by atoms with E-state index in [1.54, 1.807) is 0 Å². The van der Waals surface area contributed by atoms with Crippen molar-refractivity contribution in [3.63, 3.8) is 0 Å². The Bertz CT molecular complexity index is 486. The fourth-order valence-electron chi connectivity index (χ4n) is 0.888. The van der Waals surface area contributed by atoms with Crippen LogP contribution in [0.4, 0.5) is 4.79 Å². The van der Waals surface area contributed by atoms with Gasteiger partial charge in [0.1, 0.15) is 0 Å². The van der Waals surface area contributed by atoms with Gasteiger partial charge in [-0.15, -0.1) is 0 Å². The molecule has 0 aliphatic carbocycles. The van der Waals surface area contributed by atoms with Crippen LogP contribution in [0.3, 0.4) is 0 Å². The maximum absolute atomic E-state index is 11.1. The van der Waals surface area contributed by atoms with Crippen molar-refractivity contribution in [2.45, 2.75) is 11.7 Å². The van der Waals surface area contributed by atoms with Crippen molar-refractivity contribution >= 4 is 15.9 Å². The second-order valence-corrected chi connectivity index (χ2v) is 4.86. The summed E-state index contributed by atoms with van der Waals surface area (Å²) in [4.78, 5) is 18.2. The molecule has 8 heteroatoms. The number of carbonyl (C=O) groups excluding carboxylic acids is 1. The number of hydrogen-bond donors (Lipinski definition) is 1. The van der Waals surface area contributed by atoms with Crippen molar-refractivity contribution in [2.24, 2.45) is 0 Å². The molecule has 0 saturated heterocycles. The maximum Gasteiger partial charge on any atom is 0.407 e. The van der Waals surface area contributed by atoms with Crippen LogP contribution in [0.15, 0.2) is 17.4 Å². The lowest BCUT2D eigenvalue weighted by atomic mass is 10.4. The van der Waals surface area contributed by atoms with Crippen molar-refractivity contribution in [1.82, 2.24) is 15.3 Å². The molecule has 1 rings (SSSR count). The minimum absolute atomic E-state index is 0.0811. The molecular weight excluding hydrogens is 234 g/mol. The molecule has 1 aromatic heterocycles. The number of amides is 1. The van der Waals surface area contributed by atoms with Crippen molar-refractivity contribution in [1.29, 1.82) is 0 Å². The lowest BCUT2D eigenvalue weighted by Gasteiger charge is -2.03. The number of sulfone groups is 1. The summed E-state index contributed by atoms with van der Waals surface area (Å²) in [6.07, 6.45) is 1.72. The molecule has 1 amide bonds. The second kappa shape index (κ2) is 4.88. The van der Waals surface area contributed by atoms with E-state index in [1.807, 2.05) is 0 Å². The summed E-state index contributed by atoms with van der Waals surface area (Å²) in [7, 11) is -2.20. The van der Waals surface area contributed by atoms with Crippen LogP contribution in [0.5, 0.6) is 0 Å². The second-order valence-electron chi connectivity index (χ2n) is 2.95. The van der Waals surface area contributed by atoms with Gasteiger partial charge in [-0.05, 0) is 6.07 Å². The normalized spacial score (nSPS) is 10.9. The smallest absolute Gasteiger partial charge is 0.407 e. The molecule has 1 heterocycles. The van der Waals surface area contributed by atoms with Gasteiger partial charge in [0.2, 0.25) is 15.0 Å². The minimum Gasteiger partial charge on any atom is -0.453 e. The zero-order valence-electron chi connectivity index (χ0n) is 8.80. The van der Waals surface area contributed by atoms with Crippen LogP contribution in [0.25, 0.3) is 0 Å². The van der Waals surface area contributed by atoms with E-state index in [0.29, 0.717) is 5.69 Å². The summed E-state index contributed by atoms with van der Waals surface area (Å²) in [5, 5.41) is 2.11. The van der Waals surface area contributed by atoms with Crippen LogP contribution < -0.4 is 5.32 Å². The standard InChI is InChI=1S/C8H11N3O4S/c1-15-8(12)10-5-6-3-4-9-7(11-6)16(2,13)14/h3-4H,5H2,1-2H3,(H,10,12). The van der Waals surface area contributed by atoms with E-state index in [1.165, 1.54) is 19.4 Å². The molecule has 0 aliphatic heterocycles. The molecule has 0 saturated carbocycles. The third kappa shape index (κ3) is 3.46. The van der Waals surface area contributed by atoms with E-state index in [0.717, 1.165) is 6.26 Å². The molecule has 0 aromatic carbocycles. The van der Waals surface area contributed by atoms with Crippen LogP contribution in [0.1, 0.15) is 5.69 Å². The Kier molecular flexibility index (Phi) is 3.78. The fourth-order valence-corrected chi connectivity index (χ4v) is 1.42. The Morgan fingerprint density at radius 2 is 2.25 bits per heavy atom. The minimum atomic E-state index is -3.44. The molecule has 1 aromatic rings. The van der Waals surface area contributed by atoms with E-state index >= 15 is 0 Å². The molecule has 16 heavy (non-hydrogen) atoms. The summed E-state index contributed by atoms with van der Waals surface area (Å²) >= 11 is 0. The molecule has 0 unspecified atom stereocenters. The molecule has 0 aliphatic rings. The highest BCUT2D eigenvalue weighted by atomic mass is 32.2. The Morgan fingerprint density at radius 3 is 2.81 bits per heavy atom. The van der Waals surface area contributed by atoms with Crippen molar-refractivity contribution < 1.29 is 17.9 Å². The van der Waals surface area contributed by atoms with Crippen molar-refractivity contribution in [3.8, 4) is 0 Å². The molecule has 0 spiro atoms. The van der Waals surface area contributed by atoms with Crippen LogP contribution in [-0.4, -0.2) is 37.8 Å². The number of aromatic nitrogens is 2. The molecular formula is C8H11N3O4S. The number of methoxy groups -OCH3 is 1. The molecule has 1 N–H and O–H groups in total. The Balaban J connectivity index is 2.80. The van der Waals surface area contributed by atoms with Gasteiger partial charge >= 0.3 is 6.09 Å². The van der Waals surface area contributed by atoms with Gasteiger partial charge < -0.3 is 10.1 Å². The highest BCUT2D eigenvalue weighted by Crippen LogP contribution is 2.02. The van der Waals surface area contributed by atoms with Gasteiger partial charge in [0.05, 0.1) is 19.3 Å². The number of nitrogens with one attached hydrogen (secondary N) is 1. The van der Waals surface area contributed by atoms with Crippen molar-refractivity contribution in [2.75, 3.05) is 13.4 Å². The van der Waals surface area contributed by atoms with Gasteiger partial charge in [-0.2, -0.15) is 0 Å². The number of alkyl carbamates (subject to hydrolysis) is 1. The number of ether oxygens (including phenoxy) is 1. The first kappa shape index (κ1) is 12.4. The van der Waals surface area contributed by atoms with Gasteiger partial charge in [-0.1, -0.05) is 0 Å². The Morgan fingerprint density at radius 1 is 1.56 bits per heavy atom. The summed E-state index contributed by atoms with van der Waals surface area (Å²) < 4.78 is 26.6. The molecule has 0 radical (unpaired) electrons. The van der Waals surface area contributed by atoms with E-state index in [9.17, 15) is 13.2 Å². The average Bonchev–Trinajstić information content (AvgIpc) is 2.25. The van der Waals surface area contributed by atoms with Gasteiger partial charge in [-0.3, -0.25) is 0 Å². The lowest BCUT2D eigenvalue weighted by Crippen LogP contribution is -2.23. The number of carbonyl (C=O) groups is 1. The Labute approximate surface area is 92.8 Å². The van der Waals surface area contributed by atoms with Crippen LogP contribution in [0, 0.1) is 0 Å². The first-order valence-corrected chi connectivity index (χ1v) is 6.16. The first-order valence-electron chi connectivity index (χ1n) is 4.27. The predicted molar refractivity (Wildman–Crippen MR) is 54.4 cm³/mol. The Hall–Kier alpha value is -1.70. The highest BCUT2D eigenvalue weighted by molar-refractivity contribution is 7.90. The van der Waals surface area contributed by atoms with Gasteiger partial charge in [0.25, 0.3) is 0 Å². The summed E-state index contributed by atoms with van der Waals surface area (Å²) in [6, 6.07) is 1.50. The summed E-state index contributed by atoms with van der Waals surface area (Å²) in [6.45, 7) is 0.0811. The van der Waals surface area contributed by atoms with Gasteiger partial charge in [0.15, 0.2) is 0 Å². The molecule has 7 nitrogen and oxygen atoms in total. The molecule has 0 fully saturated rings. The zero-order valence-corrected chi connectivity index (χ0v) is 9.61. The van der Waals surface area contributed by atoms with Crippen molar-refractivity contribution in [3.05, 3.63) is 18.0 Å². The maximum atomic E-state index is 11.1. The molecule has 0 bridgehead atoms. The monoisotopic (exact) mass is 245 g/mol. The number of nitrogens with zero attached hydrogens (tertiary/aromatic N) is 2. The third-order valence-electron chi connectivity index (χ3n) is 1.62. The highest BCUT2D eigenvalue weighted by Gasteiger charge is 2.11. The van der Waals surface area contributed by atoms with Crippen LogP contribution in [-0.2, 0) is 21.1 Å². The number of rotatable bonds is 3. The van der Waals surface area contributed by atoms with Gasteiger partial charge in [0, 0.05) is 12.5 Å². The first-order chi connectivity index (χ1) is 7.43. The largest absolute Gasteiger partial charge is 0.453 e. The molecule has 0 atom stereocenters. The quantitative estimate of drug-likeness (QED) is 0.736.